The molecule has 0 radical (unpaired) electrons. The summed E-state index contributed by atoms with van der Waals surface area (Å²) in [5.41, 5.74) is 28.7. The molecule has 294 valence electrons. The lowest BCUT2D eigenvalue weighted by Gasteiger charge is -2.32. The summed E-state index contributed by atoms with van der Waals surface area (Å²) in [6.45, 7) is 30.3. The Bertz CT molecular complexity index is 1550. The van der Waals surface area contributed by atoms with Gasteiger partial charge in [-0.1, -0.05) is 32.0 Å². The van der Waals surface area contributed by atoms with Crippen LogP contribution in [-0.2, 0) is 39.3 Å². The molecule has 0 spiro atoms. The zero-order valence-electron chi connectivity index (χ0n) is 34.7. The van der Waals surface area contributed by atoms with Crippen molar-refractivity contribution in [1.82, 2.24) is 29.4 Å². The predicted octanol–water partition coefficient (Wildman–Crippen LogP) is 6.55. The number of nitrogens with two attached hydrogens (primary N) is 3. The molecule has 3 aromatic carbocycles. The van der Waals surface area contributed by atoms with Gasteiger partial charge in [0, 0.05) is 107 Å². The molecule has 0 saturated heterocycles. The van der Waals surface area contributed by atoms with Crippen molar-refractivity contribution < 1.29 is 0 Å². The number of likely N-dealkylation sites (N-methyl/N-ethyl adjacent to an activating group) is 2. The smallest absolute Gasteiger partial charge is 0.0317 e. The van der Waals surface area contributed by atoms with Gasteiger partial charge in [0.2, 0.25) is 0 Å². The maximum Gasteiger partial charge on any atom is 0.0317 e. The van der Waals surface area contributed by atoms with Crippen LogP contribution in [0.15, 0.2) is 54.6 Å². The molecule has 6 rings (SSSR count). The van der Waals surface area contributed by atoms with Gasteiger partial charge in [0.25, 0.3) is 0 Å². The molecule has 9 nitrogen and oxygen atoms in total. The maximum atomic E-state index is 5.85. The van der Waals surface area contributed by atoms with Crippen LogP contribution in [0.2, 0.25) is 0 Å². The predicted molar refractivity (Wildman–Crippen MR) is 227 cm³/mol. The van der Waals surface area contributed by atoms with E-state index in [0.29, 0.717) is 18.1 Å². The number of anilines is 3. The average Bonchev–Trinajstić information content (AvgIpc) is 3.82. The van der Waals surface area contributed by atoms with Crippen LogP contribution in [0, 0.1) is 0 Å². The van der Waals surface area contributed by atoms with Crippen LogP contribution in [0.5, 0.6) is 0 Å². The van der Waals surface area contributed by atoms with Crippen molar-refractivity contribution >= 4 is 17.1 Å². The van der Waals surface area contributed by atoms with Gasteiger partial charge in [-0.3, -0.25) is 19.6 Å². The Balaban J connectivity index is 0.000000178. The van der Waals surface area contributed by atoms with Crippen LogP contribution in [0.4, 0.5) is 17.1 Å². The highest BCUT2D eigenvalue weighted by Crippen LogP contribution is 2.27. The zero-order valence-corrected chi connectivity index (χ0v) is 34.7. The molecule has 0 amide bonds. The van der Waals surface area contributed by atoms with E-state index in [1.165, 1.54) is 52.9 Å². The van der Waals surface area contributed by atoms with E-state index in [4.69, 9.17) is 17.2 Å². The number of nitrogen functional groups attached to an aromatic ring is 3. The largest absolute Gasteiger partial charge is 0.399 e. The monoisotopic (exact) mass is 728 g/mol. The second kappa shape index (κ2) is 20.5. The van der Waals surface area contributed by atoms with Crippen LogP contribution >= 0.6 is 0 Å². The lowest BCUT2D eigenvalue weighted by atomic mass is 10.1. The molecule has 0 aliphatic carbocycles. The maximum absolute atomic E-state index is 5.85. The van der Waals surface area contributed by atoms with Gasteiger partial charge in [-0.2, -0.15) is 0 Å². The first kappa shape index (κ1) is 42.6. The Morgan fingerprint density at radius 2 is 0.981 bits per heavy atom. The van der Waals surface area contributed by atoms with E-state index < -0.39 is 0 Å². The second-order valence-corrected chi connectivity index (χ2v) is 16.4. The van der Waals surface area contributed by atoms with E-state index in [2.05, 4.69) is 128 Å². The summed E-state index contributed by atoms with van der Waals surface area (Å²) in [6, 6.07) is 20.7. The lowest BCUT2D eigenvalue weighted by molar-refractivity contribution is 0.143. The van der Waals surface area contributed by atoms with Crippen molar-refractivity contribution in [2.45, 2.75) is 112 Å². The van der Waals surface area contributed by atoms with Gasteiger partial charge in [-0.25, -0.2) is 0 Å². The van der Waals surface area contributed by atoms with Gasteiger partial charge < -0.3 is 27.0 Å². The number of hydrogen-bond donors (Lipinski definition) is 3. The number of rotatable bonds is 14. The van der Waals surface area contributed by atoms with E-state index in [1.807, 2.05) is 18.2 Å². The Morgan fingerprint density at radius 3 is 1.42 bits per heavy atom. The number of nitrogens with zero attached hydrogens (tertiary/aromatic N) is 6. The minimum Gasteiger partial charge on any atom is -0.399 e. The summed E-state index contributed by atoms with van der Waals surface area (Å²) in [5.74, 6) is 0. The van der Waals surface area contributed by atoms with Crippen molar-refractivity contribution in [3.05, 3.63) is 88.0 Å². The summed E-state index contributed by atoms with van der Waals surface area (Å²) in [5, 5.41) is 0. The third kappa shape index (κ3) is 13.0. The molecule has 53 heavy (non-hydrogen) atoms. The highest BCUT2D eigenvalue weighted by Gasteiger charge is 2.24. The zero-order chi connectivity index (χ0) is 38.7. The Hall–Kier alpha value is -3.18. The van der Waals surface area contributed by atoms with Gasteiger partial charge in [-0.15, -0.1) is 0 Å². The average molecular weight is 728 g/mol. The number of fused-ring (bicyclic) bond motifs is 3. The van der Waals surface area contributed by atoms with E-state index in [-0.39, 0.29) is 0 Å². The van der Waals surface area contributed by atoms with E-state index >= 15 is 0 Å². The summed E-state index contributed by atoms with van der Waals surface area (Å²) in [7, 11) is 4.25. The summed E-state index contributed by atoms with van der Waals surface area (Å²) in [6.07, 6.45) is 1.24. The third-order valence-electron chi connectivity index (χ3n) is 11.0. The highest BCUT2D eigenvalue weighted by molar-refractivity contribution is 5.47. The van der Waals surface area contributed by atoms with Crippen LogP contribution in [-0.4, -0.2) is 107 Å². The fourth-order valence-corrected chi connectivity index (χ4v) is 8.08. The van der Waals surface area contributed by atoms with E-state index in [0.717, 1.165) is 89.1 Å². The fraction of sp³-hybridized carbons (Fsp3) is 0.591. The molecule has 9 heteroatoms. The molecular formula is C44H73N9. The Kier molecular flexibility index (Phi) is 16.5. The molecule has 6 N–H and O–H groups in total. The van der Waals surface area contributed by atoms with Gasteiger partial charge in [0.05, 0.1) is 0 Å². The Labute approximate surface area is 323 Å². The number of hydrogen-bond acceptors (Lipinski definition) is 9. The first-order valence-electron chi connectivity index (χ1n) is 20.2. The van der Waals surface area contributed by atoms with E-state index in [1.54, 1.807) is 0 Å². The van der Waals surface area contributed by atoms with Crippen molar-refractivity contribution in [2.75, 3.05) is 77.1 Å². The minimum atomic E-state index is 0.587. The quantitative estimate of drug-likeness (QED) is 0.160. The van der Waals surface area contributed by atoms with Crippen LogP contribution in [0.3, 0.4) is 0 Å². The van der Waals surface area contributed by atoms with Crippen molar-refractivity contribution in [1.29, 1.82) is 0 Å². The minimum absolute atomic E-state index is 0.587. The fourth-order valence-electron chi connectivity index (χ4n) is 8.08. The first-order valence-corrected chi connectivity index (χ1v) is 20.2. The molecule has 3 aliphatic heterocycles. The molecule has 1 atom stereocenters. The van der Waals surface area contributed by atoms with Crippen molar-refractivity contribution in [3.8, 4) is 0 Å². The molecule has 0 bridgehead atoms. The summed E-state index contributed by atoms with van der Waals surface area (Å²) >= 11 is 0. The van der Waals surface area contributed by atoms with Crippen molar-refractivity contribution in [3.63, 3.8) is 0 Å². The molecule has 3 heterocycles. The van der Waals surface area contributed by atoms with E-state index in [9.17, 15) is 0 Å². The molecule has 3 aromatic rings. The van der Waals surface area contributed by atoms with Gasteiger partial charge in [-0.05, 0) is 138 Å². The van der Waals surface area contributed by atoms with Crippen LogP contribution in [0.25, 0.3) is 0 Å². The molecule has 3 aliphatic rings. The summed E-state index contributed by atoms with van der Waals surface area (Å²) < 4.78 is 0. The molecular weight excluding hydrogens is 655 g/mol. The lowest BCUT2D eigenvalue weighted by Crippen LogP contribution is -2.41. The SMILES string of the molecule is CC(C)N(CCN1Cc2ccc(N)cc2C1)C(C)C.CC(CN(C)C)N1Cc2ccc(N)cc2C1.CCCN(CC)CCN1Cc2ccc(N)cc2C1. The molecule has 1 unspecified atom stereocenters. The number of benzene rings is 3. The standard InChI is InChI=1S/C16H27N3.C15H25N3.C13H21N3/c1-12(2)19(13(3)4)8-7-18-10-14-5-6-16(17)9-15(14)11-18;1-3-7-17(4-2)8-9-18-11-13-5-6-15(16)10-14(13)12-18;1-10(7-15(2)3)16-8-11-4-5-13(14)6-12(11)9-16/h5-6,9,12-13H,7-8,10-11,17H2,1-4H3;5-6,10H,3-4,7-9,11-12,16H2,1-2H3;4-6,10H,7-9,14H2,1-3H3. The second-order valence-electron chi connectivity index (χ2n) is 16.4. The third-order valence-corrected chi connectivity index (χ3v) is 11.0. The first-order chi connectivity index (χ1) is 25.3. The highest BCUT2D eigenvalue weighted by atomic mass is 15.2. The van der Waals surface area contributed by atoms with Gasteiger partial charge in [0.15, 0.2) is 0 Å². The van der Waals surface area contributed by atoms with Gasteiger partial charge >= 0.3 is 0 Å². The molecule has 0 fully saturated rings. The topological polar surface area (TPSA) is 97.5 Å². The molecule has 0 saturated carbocycles. The van der Waals surface area contributed by atoms with Crippen LogP contribution in [0.1, 0.15) is 88.3 Å². The normalized spacial score (nSPS) is 16.2. The molecule has 0 aromatic heterocycles. The van der Waals surface area contributed by atoms with Crippen LogP contribution < -0.4 is 17.2 Å². The van der Waals surface area contributed by atoms with Crippen molar-refractivity contribution in [2.24, 2.45) is 0 Å². The Morgan fingerprint density at radius 1 is 0.566 bits per heavy atom. The summed E-state index contributed by atoms with van der Waals surface area (Å²) in [4.78, 5) is 14.9. The van der Waals surface area contributed by atoms with Gasteiger partial charge in [0.1, 0.15) is 0 Å².